The first kappa shape index (κ1) is 11.0. The highest BCUT2D eigenvalue weighted by molar-refractivity contribution is 6.17. The minimum atomic E-state index is 0.460. The Hall–Kier alpha value is -1.47. The van der Waals surface area contributed by atoms with Crippen LogP contribution in [0.15, 0.2) is 48.5 Å². The molecule has 0 saturated heterocycles. The third-order valence-electron chi connectivity index (χ3n) is 2.33. The fraction of sp³-hybridized carbons (Fsp3) is 0.143. The Morgan fingerprint density at radius 3 is 2.62 bits per heavy atom. The van der Waals surface area contributed by atoms with Gasteiger partial charge >= 0.3 is 0 Å². The van der Waals surface area contributed by atoms with Crippen LogP contribution in [0.2, 0.25) is 0 Å². The average molecular weight is 233 g/mol. The first-order chi connectivity index (χ1) is 7.79. The van der Waals surface area contributed by atoms with Gasteiger partial charge < -0.3 is 4.74 Å². The molecule has 0 bridgehead atoms. The van der Waals surface area contributed by atoms with Crippen LogP contribution < -0.4 is 4.74 Å². The average Bonchev–Trinajstić information content (AvgIpc) is 2.30. The van der Waals surface area contributed by atoms with Gasteiger partial charge in [0.05, 0.1) is 5.88 Å². The molecule has 0 saturated carbocycles. The summed E-state index contributed by atoms with van der Waals surface area (Å²) in [5.41, 5.74) is 2.19. The molecule has 0 aliphatic carbocycles. The summed E-state index contributed by atoms with van der Waals surface area (Å²) in [5, 5.41) is 0. The van der Waals surface area contributed by atoms with Gasteiger partial charge in [0.15, 0.2) is 0 Å². The van der Waals surface area contributed by atoms with E-state index in [1.165, 1.54) is 5.56 Å². The highest BCUT2D eigenvalue weighted by Crippen LogP contribution is 2.26. The van der Waals surface area contributed by atoms with Crippen LogP contribution in [0.1, 0.15) is 11.1 Å². The Labute approximate surface area is 101 Å². The van der Waals surface area contributed by atoms with Crippen molar-refractivity contribution >= 4 is 11.6 Å². The van der Waals surface area contributed by atoms with Crippen molar-refractivity contribution in [1.29, 1.82) is 0 Å². The van der Waals surface area contributed by atoms with Crippen LogP contribution in [0, 0.1) is 6.92 Å². The molecule has 0 aromatic heterocycles. The summed E-state index contributed by atoms with van der Waals surface area (Å²) in [7, 11) is 0. The quantitative estimate of drug-likeness (QED) is 0.707. The Kier molecular flexibility index (Phi) is 3.47. The second kappa shape index (κ2) is 5.04. The van der Waals surface area contributed by atoms with Gasteiger partial charge in [0, 0.05) is 5.56 Å². The predicted molar refractivity (Wildman–Crippen MR) is 67.3 cm³/mol. The molecule has 0 fully saturated rings. The third-order valence-corrected chi connectivity index (χ3v) is 2.62. The third kappa shape index (κ3) is 2.56. The van der Waals surface area contributed by atoms with Crippen molar-refractivity contribution in [2.24, 2.45) is 0 Å². The van der Waals surface area contributed by atoms with Gasteiger partial charge in [-0.3, -0.25) is 0 Å². The fourth-order valence-electron chi connectivity index (χ4n) is 1.52. The van der Waals surface area contributed by atoms with Crippen molar-refractivity contribution in [3.8, 4) is 11.5 Å². The molecule has 2 rings (SSSR count). The molecule has 2 aromatic rings. The van der Waals surface area contributed by atoms with E-state index in [4.69, 9.17) is 16.3 Å². The van der Waals surface area contributed by atoms with Gasteiger partial charge in [0.2, 0.25) is 0 Å². The lowest BCUT2D eigenvalue weighted by Gasteiger charge is -2.09. The van der Waals surface area contributed by atoms with Gasteiger partial charge in [-0.2, -0.15) is 0 Å². The maximum atomic E-state index is 5.85. The zero-order valence-corrected chi connectivity index (χ0v) is 9.87. The van der Waals surface area contributed by atoms with Gasteiger partial charge in [-0.05, 0) is 30.7 Å². The lowest BCUT2D eigenvalue weighted by molar-refractivity contribution is 0.478. The molecule has 2 aromatic carbocycles. The molecule has 0 radical (unpaired) electrons. The summed E-state index contributed by atoms with van der Waals surface area (Å²) in [6.45, 7) is 2.04. The Morgan fingerprint density at radius 1 is 1.06 bits per heavy atom. The van der Waals surface area contributed by atoms with Crippen LogP contribution in [0.4, 0.5) is 0 Å². The van der Waals surface area contributed by atoms with Crippen LogP contribution in [-0.4, -0.2) is 0 Å². The number of aryl methyl sites for hydroxylation is 1. The summed E-state index contributed by atoms with van der Waals surface area (Å²) in [5.74, 6) is 2.13. The second-order valence-electron chi connectivity index (χ2n) is 3.66. The number of hydrogen-bond acceptors (Lipinski definition) is 1. The predicted octanol–water partition coefficient (Wildman–Crippen LogP) is 4.53. The molecule has 2 heteroatoms. The molecule has 16 heavy (non-hydrogen) atoms. The standard InChI is InChI=1S/C14H13ClO/c1-11-5-4-7-13(9-11)16-14-8-3-2-6-12(14)10-15/h2-9H,10H2,1H3. The van der Waals surface area contributed by atoms with Gasteiger partial charge in [-0.25, -0.2) is 0 Å². The van der Waals surface area contributed by atoms with Crippen molar-refractivity contribution in [3.63, 3.8) is 0 Å². The van der Waals surface area contributed by atoms with E-state index in [0.29, 0.717) is 5.88 Å². The molecule has 0 aliphatic heterocycles. The summed E-state index contributed by atoms with van der Waals surface area (Å²) in [6.07, 6.45) is 0. The smallest absolute Gasteiger partial charge is 0.131 e. The van der Waals surface area contributed by atoms with Gasteiger partial charge in [0.1, 0.15) is 11.5 Å². The van der Waals surface area contributed by atoms with E-state index in [1.54, 1.807) is 0 Å². The topological polar surface area (TPSA) is 9.23 Å². The van der Waals surface area contributed by atoms with Crippen molar-refractivity contribution in [2.75, 3.05) is 0 Å². The number of para-hydroxylation sites is 1. The van der Waals surface area contributed by atoms with E-state index in [9.17, 15) is 0 Å². The largest absolute Gasteiger partial charge is 0.457 e. The molecule has 82 valence electrons. The summed E-state index contributed by atoms with van der Waals surface area (Å²) < 4.78 is 5.80. The van der Waals surface area contributed by atoms with Crippen LogP contribution >= 0.6 is 11.6 Å². The first-order valence-corrected chi connectivity index (χ1v) is 5.71. The van der Waals surface area contributed by atoms with E-state index in [0.717, 1.165) is 17.1 Å². The van der Waals surface area contributed by atoms with E-state index >= 15 is 0 Å². The minimum absolute atomic E-state index is 0.460. The van der Waals surface area contributed by atoms with Crippen molar-refractivity contribution in [3.05, 3.63) is 59.7 Å². The highest BCUT2D eigenvalue weighted by Gasteiger charge is 2.02. The van der Waals surface area contributed by atoms with Gasteiger partial charge in [0.25, 0.3) is 0 Å². The Balaban J connectivity index is 2.26. The van der Waals surface area contributed by atoms with Crippen LogP contribution in [0.5, 0.6) is 11.5 Å². The highest BCUT2D eigenvalue weighted by atomic mass is 35.5. The molecule has 0 aliphatic rings. The number of alkyl halides is 1. The Bertz CT molecular complexity index is 480. The SMILES string of the molecule is Cc1cccc(Oc2ccccc2CCl)c1. The minimum Gasteiger partial charge on any atom is -0.457 e. The maximum Gasteiger partial charge on any atom is 0.131 e. The van der Waals surface area contributed by atoms with Crippen LogP contribution in [0.25, 0.3) is 0 Å². The first-order valence-electron chi connectivity index (χ1n) is 5.18. The van der Waals surface area contributed by atoms with E-state index in [1.807, 2.05) is 55.5 Å². The fourth-order valence-corrected chi connectivity index (χ4v) is 1.74. The molecule has 1 nitrogen and oxygen atoms in total. The molecule has 0 N–H and O–H groups in total. The number of rotatable bonds is 3. The number of hydrogen-bond donors (Lipinski definition) is 0. The zero-order valence-electron chi connectivity index (χ0n) is 9.11. The van der Waals surface area contributed by atoms with E-state index in [-0.39, 0.29) is 0 Å². The monoisotopic (exact) mass is 232 g/mol. The second-order valence-corrected chi connectivity index (χ2v) is 3.93. The summed E-state index contributed by atoms with van der Waals surface area (Å²) in [4.78, 5) is 0. The van der Waals surface area contributed by atoms with Crippen molar-refractivity contribution in [2.45, 2.75) is 12.8 Å². The van der Waals surface area contributed by atoms with E-state index in [2.05, 4.69) is 0 Å². The van der Waals surface area contributed by atoms with Crippen LogP contribution in [0.3, 0.4) is 0 Å². The molecule has 0 heterocycles. The maximum absolute atomic E-state index is 5.85. The normalized spacial score (nSPS) is 10.1. The summed E-state index contributed by atoms with van der Waals surface area (Å²) >= 11 is 5.85. The lowest BCUT2D eigenvalue weighted by atomic mass is 10.2. The van der Waals surface area contributed by atoms with Crippen molar-refractivity contribution in [1.82, 2.24) is 0 Å². The number of benzene rings is 2. The molecule has 0 spiro atoms. The summed E-state index contributed by atoms with van der Waals surface area (Å²) in [6, 6.07) is 15.8. The number of ether oxygens (including phenoxy) is 1. The molecular formula is C14H13ClO. The lowest BCUT2D eigenvalue weighted by Crippen LogP contribution is -1.89. The van der Waals surface area contributed by atoms with E-state index < -0.39 is 0 Å². The zero-order chi connectivity index (χ0) is 11.4. The number of halogens is 1. The molecular weight excluding hydrogens is 220 g/mol. The molecule has 0 unspecified atom stereocenters. The van der Waals surface area contributed by atoms with Gasteiger partial charge in [-0.1, -0.05) is 30.3 Å². The Morgan fingerprint density at radius 2 is 1.88 bits per heavy atom. The van der Waals surface area contributed by atoms with Crippen molar-refractivity contribution < 1.29 is 4.74 Å². The van der Waals surface area contributed by atoms with Gasteiger partial charge in [-0.15, -0.1) is 11.6 Å². The molecule has 0 atom stereocenters. The van der Waals surface area contributed by atoms with Crippen LogP contribution in [-0.2, 0) is 5.88 Å². The molecule has 0 amide bonds.